The van der Waals surface area contributed by atoms with Crippen LogP contribution in [-0.2, 0) is 0 Å². The highest BCUT2D eigenvalue weighted by atomic mass is 15.1. The number of rotatable bonds is 46. The largest absolute Gasteiger partial charge is 0.257 e. The highest BCUT2D eigenvalue weighted by molar-refractivity contribution is 4.90. The van der Waals surface area contributed by atoms with E-state index in [1.54, 1.807) is 5.82 Å². The molecule has 1 heterocycles. The first kappa shape index (κ1) is 52.2. The lowest BCUT2D eigenvalue weighted by Crippen LogP contribution is -2.41. The Morgan fingerprint density at radius 2 is 0.582 bits per heavy atom. The number of aromatic nitrogens is 2. The fraction of sp³-hybridized carbons (Fsp3) is 0.943. The van der Waals surface area contributed by atoms with Crippen LogP contribution in [0.2, 0.25) is 0 Å². The number of aromatic amines is 1. The molecule has 0 saturated heterocycles. The highest BCUT2D eigenvalue weighted by Crippen LogP contribution is 2.28. The van der Waals surface area contributed by atoms with Crippen LogP contribution >= 0.6 is 0 Å². The molecule has 0 fully saturated rings. The Hall–Kier alpha value is -0.790. The van der Waals surface area contributed by atoms with Gasteiger partial charge < -0.3 is 0 Å². The van der Waals surface area contributed by atoms with Gasteiger partial charge in [0.2, 0.25) is 0 Å². The van der Waals surface area contributed by atoms with Gasteiger partial charge in [-0.15, -0.1) is 0 Å². The number of nitrogens with zero attached hydrogens (tertiary/aromatic N) is 1. The maximum absolute atomic E-state index is 3.80. The molecule has 55 heavy (non-hydrogen) atoms. The normalized spacial score (nSPS) is 12.9. The van der Waals surface area contributed by atoms with E-state index in [-0.39, 0.29) is 0 Å². The molecule has 1 rings (SSSR count). The Bertz CT molecular complexity index is 843. The van der Waals surface area contributed by atoms with Crippen molar-refractivity contribution < 1.29 is 4.57 Å². The molecule has 0 aromatic carbocycles. The number of hydrogen-bond donors (Lipinski definition) is 1. The molecule has 326 valence electrons. The molecule has 2 nitrogen and oxygen atoms in total. The SMILES string of the molecule is CCCCCCCCCCCCCCCCCCCC(CCCCCCCCCCCCCC)c1[nH]cc[n+]1C(C)CCCCCCCCCCCCCC. The van der Waals surface area contributed by atoms with Gasteiger partial charge in [0, 0.05) is 0 Å². The van der Waals surface area contributed by atoms with Crippen molar-refractivity contribution in [1.29, 1.82) is 0 Å². The molecule has 2 atom stereocenters. The van der Waals surface area contributed by atoms with E-state index in [2.05, 4.69) is 49.6 Å². The van der Waals surface area contributed by atoms with Crippen molar-refractivity contribution in [2.45, 2.75) is 322 Å². The van der Waals surface area contributed by atoms with E-state index in [4.69, 9.17) is 0 Å². The molecule has 0 spiro atoms. The molecule has 1 aromatic rings. The second-order valence-corrected chi connectivity index (χ2v) is 18.6. The Balaban J connectivity index is 2.34. The molecule has 0 bridgehead atoms. The van der Waals surface area contributed by atoms with Crippen LogP contribution in [0.25, 0.3) is 0 Å². The monoisotopic (exact) mass is 770 g/mol. The summed E-state index contributed by atoms with van der Waals surface area (Å²) in [6.45, 7) is 9.45. The molecule has 1 N–H and O–H groups in total. The van der Waals surface area contributed by atoms with Crippen LogP contribution < -0.4 is 4.57 Å². The molecule has 2 unspecified atom stereocenters. The number of H-pyrrole nitrogens is 1. The lowest BCUT2D eigenvalue weighted by atomic mass is 9.92. The van der Waals surface area contributed by atoms with Crippen LogP contribution in [0.1, 0.15) is 328 Å². The first-order chi connectivity index (χ1) is 27.2. The van der Waals surface area contributed by atoms with Crippen molar-refractivity contribution in [2.24, 2.45) is 0 Å². The van der Waals surface area contributed by atoms with Crippen molar-refractivity contribution in [3.8, 4) is 0 Å². The fourth-order valence-corrected chi connectivity index (χ4v) is 9.26. The molecule has 2 heteroatoms. The first-order valence-corrected chi connectivity index (χ1v) is 26.3. The van der Waals surface area contributed by atoms with Crippen LogP contribution in [-0.4, -0.2) is 4.98 Å². The minimum atomic E-state index is 0.615. The molecule has 1 aromatic heterocycles. The summed E-state index contributed by atoms with van der Waals surface area (Å²) in [5.74, 6) is 2.25. The minimum Gasteiger partial charge on any atom is -0.247 e. The molecule has 0 aliphatic heterocycles. The molecule has 0 aliphatic carbocycles. The van der Waals surface area contributed by atoms with Crippen molar-refractivity contribution in [3.05, 3.63) is 18.2 Å². The van der Waals surface area contributed by atoms with E-state index in [0.717, 1.165) is 0 Å². The molecular weight excluding hydrogens is 665 g/mol. The van der Waals surface area contributed by atoms with E-state index in [1.807, 2.05) is 0 Å². The zero-order valence-electron chi connectivity index (χ0n) is 38.9. The van der Waals surface area contributed by atoms with Crippen LogP contribution in [0.5, 0.6) is 0 Å². The predicted octanol–water partition coefficient (Wildman–Crippen LogP) is 19.2. The van der Waals surface area contributed by atoms with Crippen LogP contribution in [0.4, 0.5) is 0 Å². The van der Waals surface area contributed by atoms with Gasteiger partial charge in [-0.1, -0.05) is 278 Å². The van der Waals surface area contributed by atoms with Gasteiger partial charge >= 0.3 is 0 Å². The summed E-state index contributed by atoms with van der Waals surface area (Å²) < 4.78 is 2.66. The molecule has 0 amide bonds. The highest BCUT2D eigenvalue weighted by Gasteiger charge is 2.25. The van der Waals surface area contributed by atoms with E-state index in [1.165, 1.54) is 283 Å². The maximum atomic E-state index is 3.80. The predicted molar refractivity (Wildman–Crippen MR) is 249 cm³/mol. The zero-order chi connectivity index (χ0) is 39.5. The van der Waals surface area contributed by atoms with E-state index < -0.39 is 0 Å². The lowest BCUT2D eigenvalue weighted by molar-refractivity contribution is -0.727. The Morgan fingerprint density at radius 3 is 0.855 bits per heavy atom. The third-order valence-electron chi connectivity index (χ3n) is 13.1. The van der Waals surface area contributed by atoms with Crippen LogP contribution in [0.3, 0.4) is 0 Å². The third-order valence-corrected chi connectivity index (χ3v) is 13.1. The smallest absolute Gasteiger partial charge is 0.247 e. The Kier molecular flexibility index (Phi) is 40.6. The topological polar surface area (TPSA) is 19.7 Å². The van der Waals surface area contributed by atoms with Crippen molar-refractivity contribution >= 4 is 0 Å². The summed E-state index contributed by atoms with van der Waals surface area (Å²) in [7, 11) is 0. The summed E-state index contributed by atoms with van der Waals surface area (Å²) >= 11 is 0. The van der Waals surface area contributed by atoms with E-state index in [0.29, 0.717) is 12.0 Å². The number of hydrogen-bond acceptors (Lipinski definition) is 0. The van der Waals surface area contributed by atoms with Gasteiger partial charge in [-0.2, -0.15) is 0 Å². The van der Waals surface area contributed by atoms with Crippen LogP contribution in [0, 0.1) is 0 Å². The number of unbranched alkanes of at least 4 members (excludes halogenated alkanes) is 38. The quantitative estimate of drug-likeness (QED) is 0.0503. The Morgan fingerprint density at radius 1 is 0.345 bits per heavy atom. The number of nitrogens with one attached hydrogen (secondary N) is 1. The summed E-state index contributed by atoms with van der Waals surface area (Å²) in [4.78, 5) is 3.80. The lowest BCUT2D eigenvalue weighted by Gasteiger charge is -2.17. The van der Waals surface area contributed by atoms with E-state index >= 15 is 0 Å². The maximum Gasteiger partial charge on any atom is 0.257 e. The van der Waals surface area contributed by atoms with Gasteiger partial charge in [0.15, 0.2) is 0 Å². The van der Waals surface area contributed by atoms with Gasteiger partial charge in [0.25, 0.3) is 5.82 Å². The van der Waals surface area contributed by atoms with Crippen molar-refractivity contribution in [2.75, 3.05) is 0 Å². The van der Waals surface area contributed by atoms with Crippen LogP contribution in [0.15, 0.2) is 12.4 Å². The average Bonchev–Trinajstić information content (AvgIpc) is 3.69. The van der Waals surface area contributed by atoms with Gasteiger partial charge in [0.1, 0.15) is 12.4 Å². The van der Waals surface area contributed by atoms with E-state index in [9.17, 15) is 0 Å². The summed E-state index contributed by atoms with van der Waals surface area (Å²) in [6, 6.07) is 0.615. The molecule has 0 saturated carbocycles. The summed E-state index contributed by atoms with van der Waals surface area (Å²) in [5.41, 5.74) is 0. The van der Waals surface area contributed by atoms with Crippen molar-refractivity contribution in [1.82, 2.24) is 4.98 Å². The standard InChI is InChI=1S/C53H104N2/c1-5-8-11-14-17-20-23-26-27-28-29-30-33-36-39-42-45-48-52(47-44-41-38-35-32-25-22-19-16-13-10-7-3)53-54-49-50-55(53)51(4)46-43-40-37-34-31-24-21-18-15-12-9-6-2/h49-52H,5-48H2,1-4H3/p+1. The van der Waals surface area contributed by atoms with Crippen molar-refractivity contribution in [3.63, 3.8) is 0 Å². The molecular formula is C53H105N2+. The fourth-order valence-electron chi connectivity index (χ4n) is 9.26. The first-order valence-electron chi connectivity index (χ1n) is 26.3. The third kappa shape index (κ3) is 33.8. The minimum absolute atomic E-state index is 0.615. The van der Waals surface area contributed by atoms with Gasteiger partial charge in [-0.25, -0.2) is 9.55 Å². The van der Waals surface area contributed by atoms with Gasteiger partial charge in [-0.3, -0.25) is 0 Å². The number of imidazole rings is 1. The zero-order valence-corrected chi connectivity index (χ0v) is 38.9. The average molecular weight is 770 g/mol. The molecule has 0 aliphatic rings. The summed E-state index contributed by atoms with van der Waals surface area (Å²) in [6.07, 6.45) is 68.1. The summed E-state index contributed by atoms with van der Waals surface area (Å²) in [5, 5.41) is 0. The second-order valence-electron chi connectivity index (χ2n) is 18.6. The second kappa shape index (κ2) is 42.8. The molecule has 0 radical (unpaired) electrons. The van der Waals surface area contributed by atoms with Gasteiger partial charge in [-0.05, 0) is 32.6 Å². The Labute approximate surface area is 348 Å². The van der Waals surface area contributed by atoms with Gasteiger partial charge in [0.05, 0.1) is 12.0 Å².